The van der Waals surface area contributed by atoms with E-state index in [2.05, 4.69) is 0 Å². The Bertz CT molecular complexity index is 972. The van der Waals surface area contributed by atoms with Crippen LogP contribution in [0.4, 0.5) is 8.78 Å². The lowest BCUT2D eigenvalue weighted by Gasteiger charge is -2.34. The molecule has 1 aliphatic rings. The van der Waals surface area contributed by atoms with E-state index in [4.69, 9.17) is 4.74 Å². The van der Waals surface area contributed by atoms with Crippen molar-refractivity contribution in [3.8, 4) is 0 Å². The number of sulfonamides is 1. The summed E-state index contributed by atoms with van der Waals surface area (Å²) in [6.07, 6.45) is 0. The van der Waals surface area contributed by atoms with E-state index >= 15 is 0 Å². The van der Waals surface area contributed by atoms with Crippen LogP contribution in [0.2, 0.25) is 0 Å². The molecule has 9 heteroatoms. The Hall–Kier alpha value is -2.36. The molecule has 1 saturated heterocycles. The average Bonchev–Trinajstić information content (AvgIpc) is 2.72. The Balaban J connectivity index is 1.63. The first-order valence-electron chi connectivity index (χ1n) is 9.25. The average molecular weight is 424 g/mol. The molecule has 1 heterocycles. The molecule has 0 atom stereocenters. The monoisotopic (exact) mass is 424 g/mol. The molecule has 0 saturated carbocycles. The van der Waals surface area contributed by atoms with Gasteiger partial charge in [0.15, 0.2) is 11.6 Å². The summed E-state index contributed by atoms with van der Waals surface area (Å²) >= 11 is 0. The number of halogens is 2. The zero-order valence-corrected chi connectivity index (χ0v) is 16.8. The van der Waals surface area contributed by atoms with Crippen LogP contribution in [0.1, 0.15) is 22.8 Å². The summed E-state index contributed by atoms with van der Waals surface area (Å²) in [5.74, 6) is -2.27. The number of nitrogens with zero attached hydrogens (tertiary/aromatic N) is 2. The number of carbonyl (C=O) groups excluding carboxylic acids is 1. The van der Waals surface area contributed by atoms with E-state index < -0.39 is 27.6 Å². The second-order valence-electron chi connectivity index (χ2n) is 6.64. The van der Waals surface area contributed by atoms with Crippen LogP contribution >= 0.6 is 0 Å². The molecule has 0 aliphatic carbocycles. The SMILES string of the molecule is CCOC(=O)c1ccc(S(=O)(=O)N2CCN(Cc3cccc(F)c3F)CC2)cc1. The summed E-state index contributed by atoms with van der Waals surface area (Å²) < 4.78 is 59.1. The maximum absolute atomic E-state index is 13.8. The van der Waals surface area contributed by atoms with Crippen molar-refractivity contribution < 1.29 is 26.7 Å². The van der Waals surface area contributed by atoms with E-state index in [0.29, 0.717) is 13.1 Å². The van der Waals surface area contributed by atoms with Crippen molar-refractivity contribution in [3.05, 3.63) is 65.2 Å². The minimum Gasteiger partial charge on any atom is -0.462 e. The number of esters is 1. The summed E-state index contributed by atoms with van der Waals surface area (Å²) in [6, 6.07) is 9.66. The van der Waals surface area contributed by atoms with Crippen LogP contribution in [0.25, 0.3) is 0 Å². The lowest BCUT2D eigenvalue weighted by atomic mass is 10.2. The van der Waals surface area contributed by atoms with E-state index in [-0.39, 0.29) is 42.3 Å². The summed E-state index contributed by atoms with van der Waals surface area (Å²) in [5.41, 5.74) is 0.531. The molecular formula is C20H22F2N2O4S. The molecule has 0 N–H and O–H groups in total. The van der Waals surface area contributed by atoms with Crippen molar-refractivity contribution in [3.63, 3.8) is 0 Å². The van der Waals surface area contributed by atoms with Gasteiger partial charge in [0.2, 0.25) is 10.0 Å². The third kappa shape index (κ3) is 4.80. The van der Waals surface area contributed by atoms with Gasteiger partial charge in [-0.2, -0.15) is 4.31 Å². The molecule has 6 nitrogen and oxygen atoms in total. The van der Waals surface area contributed by atoms with Crippen LogP contribution in [0, 0.1) is 11.6 Å². The zero-order chi connectivity index (χ0) is 21.0. The zero-order valence-electron chi connectivity index (χ0n) is 16.0. The second-order valence-corrected chi connectivity index (χ2v) is 8.58. The Morgan fingerprint density at radius 3 is 2.31 bits per heavy atom. The van der Waals surface area contributed by atoms with Crippen molar-refractivity contribution in [2.24, 2.45) is 0 Å². The largest absolute Gasteiger partial charge is 0.462 e. The highest BCUT2D eigenvalue weighted by atomic mass is 32.2. The van der Waals surface area contributed by atoms with E-state index in [1.165, 1.54) is 40.7 Å². The Labute approximate surface area is 168 Å². The number of piperazine rings is 1. The molecule has 0 radical (unpaired) electrons. The number of ether oxygens (including phenoxy) is 1. The van der Waals surface area contributed by atoms with Crippen molar-refractivity contribution in [1.29, 1.82) is 0 Å². The maximum Gasteiger partial charge on any atom is 0.338 e. The van der Waals surface area contributed by atoms with Crippen LogP contribution in [0.3, 0.4) is 0 Å². The number of hydrogen-bond donors (Lipinski definition) is 0. The number of benzene rings is 2. The third-order valence-corrected chi connectivity index (χ3v) is 6.67. The molecule has 0 amide bonds. The fraction of sp³-hybridized carbons (Fsp3) is 0.350. The fourth-order valence-corrected chi connectivity index (χ4v) is 4.59. The summed E-state index contributed by atoms with van der Waals surface area (Å²) in [6.45, 7) is 3.41. The molecule has 29 heavy (non-hydrogen) atoms. The van der Waals surface area contributed by atoms with Crippen LogP contribution in [-0.4, -0.2) is 56.4 Å². The smallest absolute Gasteiger partial charge is 0.338 e. The Kier molecular flexibility index (Phi) is 6.61. The molecule has 0 aromatic heterocycles. The van der Waals surface area contributed by atoms with Gasteiger partial charge in [-0.15, -0.1) is 0 Å². The molecule has 0 spiro atoms. The topological polar surface area (TPSA) is 66.9 Å². The first-order valence-corrected chi connectivity index (χ1v) is 10.7. The summed E-state index contributed by atoms with van der Waals surface area (Å²) in [4.78, 5) is 13.7. The van der Waals surface area contributed by atoms with Gasteiger partial charge in [0, 0.05) is 38.3 Å². The molecule has 2 aromatic rings. The fourth-order valence-electron chi connectivity index (χ4n) is 3.17. The minimum atomic E-state index is -3.71. The van der Waals surface area contributed by atoms with E-state index in [0.717, 1.165) is 6.07 Å². The number of rotatable bonds is 6. The Morgan fingerprint density at radius 1 is 1.03 bits per heavy atom. The number of carbonyl (C=O) groups is 1. The molecule has 1 fully saturated rings. The van der Waals surface area contributed by atoms with Gasteiger partial charge in [-0.1, -0.05) is 12.1 Å². The van der Waals surface area contributed by atoms with Gasteiger partial charge >= 0.3 is 5.97 Å². The van der Waals surface area contributed by atoms with Gasteiger partial charge < -0.3 is 4.74 Å². The minimum absolute atomic E-state index is 0.0928. The van der Waals surface area contributed by atoms with Crippen molar-refractivity contribution >= 4 is 16.0 Å². The highest BCUT2D eigenvalue weighted by Crippen LogP contribution is 2.20. The van der Waals surface area contributed by atoms with Gasteiger partial charge in [-0.25, -0.2) is 22.0 Å². The maximum atomic E-state index is 13.8. The number of hydrogen-bond acceptors (Lipinski definition) is 5. The van der Waals surface area contributed by atoms with E-state index in [1.54, 1.807) is 6.92 Å². The normalized spacial score (nSPS) is 16.0. The second kappa shape index (κ2) is 8.98. The van der Waals surface area contributed by atoms with Gasteiger partial charge in [-0.3, -0.25) is 4.90 Å². The van der Waals surface area contributed by atoms with Gasteiger partial charge in [-0.05, 0) is 37.3 Å². The summed E-state index contributed by atoms with van der Waals surface area (Å²) in [5, 5.41) is 0. The van der Waals surface area contributed by atoms with E-state index in [1.807, 2.05) is 4.90 Å². The highest BCUT2D eigenvalue weighted by molar-refractivity contribution is 7.89. The van der Waals surface area contributed by atoms with Gasteiger partial charge in [0.1, 0.15) is 0 Å². The standard InChI is InChI=1S/C20H22F2N2O4S/c1-2-28-20(25)15-6-8-17(9-7-15)29(26,27)24-12-10-23(11-13-24)14-16-4-3-5-18(21)19(16)22/h3-9H,2,10-14H2,1H3. The lowest BCUT2D eigenvalue weighted by Crippen LogP contribution is -2.48. The summed E-state index contributed by atoms with van der Waals surface area (Å²) in [7, 11) is -3.71. The predicted molar refractivity (Wildman–Crippen MR) is 103 cm³/mol. The first kappa shape index (κ1) is 21.4. The predicted octanol–water partition coefficient (Wildman–Crippen LogP) is 2.65. The molecule has 0 bridgehead atoms. The molecule has 0 unspecified atom stereocenters. The van der Waals surface area contributed by atoms with E-state index in [9.17, 15) is 22.0 Å². The third-order valence-electron chi connectivity index (χ3n) is 4.76. The molecule has 2 aromatic carbocycles. The molecule has 1 aliphatic heterocycles. The molecule has 3 rings (SSSR count). The quantitative estimate of drug-likeness (QED) is 0.667. The van der Waals surface area contributed by atoms with Crippen LogP contribution in [-0.2, 0) is 21.3 Å². The molecular weight excluding hydrogens is 402 g/mol. The van der Waals surface area contributed by atoms with Crippen LogP contribution in [0.5, 0.6) is 0 Å². The lowest BCUT2D eigenvalue weighted by molar-refractivity contribution is 0.0526. The van der Waals surface area contributed by atoms with Gasteiger partial charge in [0.05, 0.1) is 17.1 Å². The van der Waals surface area contributed by atoms with Crippen LogP contribution < -0.4 is 0 Å². The van der Waals surface area contributed by atoms with Crippen LogP contribution in [0.15, 0.2) is 47.4 Å². The Morgan fingerprint density at radius 2 is 1.69 bits per heavy atom. The van der Waals surface area contributed by atoms with Gasteiger partial charge in [0.25, 0.3) is 0 Å². The highest BCUT2D eigenvalue weighted by Gasteiger charge is 2.29. The first-order chi connectivity index (χ1) is 13.8. The van der Waals surface area contributed by atoms with Crippen molar-refractivity contribution in [2.45, 2.75) is 18.4 Å². The van der Waals surface area contributed by atoms with Crippen molar-refractivity contribution in [1.82, 2.24) is 9.21 Å². The molecule has 156 valence electrons. The van der Waals surface area contributed by atoms with Crippen molar-refractivity contribution in [2.75, 3.05) is 32.8 Å².